The van der Waals surface area contributed by atoms with Crippen molar-refractivity contribution in [3.8, 4) is 22.3 Å². The van der Waals surface area contributed by atoms with E-state index in [1.54, 1.807) is 0 Å². The second-order valence-corrected chi connectivity index (χ2v) is 14.2. The lowest BCUT2D eigenvalue weighted by molar-refractivity contribution is 0.591. The summed E-state index contributed by atoms with van der Waals surface area (Å²) in [6, 6.07) is 53.9. The van der Waals surface area contributed by atoms with Crippen LogP contribution in [0.2, 0.25) is 0 Å². The van der Waals surface area contributed by atoms with Crippen LogP contribution in [0.1, 0.15) is 51.3 Å². The van der Waals surface area contributed by atoms with Crippen LogP contribution in [0.25, 0.3) is 43.8 Å². The Kier molecular flexibility index (Phi) is 6.44. The maximum Gasteiger partial charge on any atom is 0.0546 e. The van der Waals surface area contributed by atoms with Gasteiger partial charge in [0.2, 0.25) is 0 Å². The van der Waals surface area contributed by atoms with Crippen LogP contribution in [0.15, 0.2) is 146 Å². The highest BCUT2D eigenvalue weighted by molar-refractivity contribution is 6.14. The molecule has 1 nitrogen and oxygen atoms in total. The number of anilines is 3. The molecule has 0 saturated heterocycles. The van der Waals surface area contributed by atoms with Gasteiger partial charge in [0.05, 0.1) is 5.69 Å². The molecule has 46 heavy (non-hydrogen) atoms. The fraction of sp³-hybridized carbons (Fsp3) is 0.156. The van der Waals surface area contributed by atoms with Crippen LogP contribution in [0.3, 0.4) is 0 Å². The maximum atomic E-state index is 2.53. The Morgan fingerprint density at radius 2 is 1.13 bits per heavy atom. The van der Waals surface area contributed by atoms with E-state index in [9.17, 15) is 0 Å². The van der Waals surface area contributed by atoms with Gasteiger partial charge in [-0.05, 0) is 90.8 Å². The quantitative estimate of drug-likeness (QED) is 0.184. The molecule has 0 bridgehead atoms. The molecule has 1 aliphatic carbocycles. The van der Waals surface area contributed by atoms with Crippen LogP contribution in [-0.2, 0) is 10.8 Å². The van der Waals surface area contributed by atoms with E-state index in [1.807, 2.05) is 0 Å². The Morgan fingerprint density at radius 1 is 0.478 bits per heavy atom. The monoisotopic (exact) mass is 593 g/mol. The van der Waals surface area contributed by atoms with E-state index in [1.165, 1.54) is 77.6 Å². The van der Waals surface area contributed by atoms with Crippen molar-refractivity contribution in [3.05, 3.63) is 162 Å². The van der Waals surface area contributed by atoms with Gasteiger partial charge in [-0.1, -0.05) is 150 Å². The molecule has 7 aromatic rings. The molecular formula is C45H39N. The molecule has 0 aliphatic heterocycles. The van der Waals surface area contributed by atoms with Crippen LogP contribution in [-0.4, -0.2) is 0 Å². The first kappa shape index (κ1) is 28.3. The average molecular weight is 594 g/mol. The molecule has 0 aromatic heterocycles. The summed E-state index contributed by atoms with van der Waals surface area (Å²) in [7, 11) is 0. The average Bonchev–Trinajstić information content (AvgIpc) is 3.31. The van der Waals surface area contributed by atoms with E-state index in [0.717, 1.165) is 0 Å². The minimum Gasteiger partial charge on any atom is -0.310 e. The first-order valence-electron chi connectivity index (χ1n) is 16.4. The third kappa shape index (κ3) is 4.45. The summed E-state index contributed by atoms with van der Waals surface area (Å²) >= 11 is 0. The second kappa shape index (κ2) is 10.5. The van der Waals surface area contributed by atoms with Crippen LogP contribution in [0.4, 0.5) is 17.1 Å². The van der Waals surface area contributed by atoms with Gasteiger partial charge in [-0.15, -0.1) is 0 Å². The molecule has 0 spiro atoms. The van der Waals surface area contributed by atoms with Crippen LogP contribution in [0, 0.1) is 0 Å². The predicted octanol–water partition coefficient (Wildman–Crippen LogP) is 12.7. The zero-order valence-corrected chi connectivity index (χ0v) is 27.3. The third-order valence-electron chi connectivity index (χ3n) is 9.96. The van der Waals surface area contributed by atoms with Gasteiger partial charge in [-0.2, -0.15) is 0 Å². The highest BCUT2D eigenvalue weighted by atomic mass is 15.1. The normalized spacial score (nSPS) is 13.5. The summed E-state index contributed by atoms with van der Waals surface area (Å²) in [4.78, 5) is 2.53. The lowest BCUT2D eigenvalue weighted by atomic mass is 9.82. The standard InChI is InChI=1S/C45H39N/c1-44(2,3)41-27-31(30-15-7-6-8-16-30)23-26-42(41)46(43-28-32-17-9-10-18-34(32)35-19-11-12-21-38(35)43)33-24-25-37-36-20-13-14-22-39(36)45(4,5)40(37)29-33/h6-29H,1-5H3. The first-order chi connectivity index (χ1) is 22.2. The second-order valence-electron chi connectivity index (χ2n) is 14.2. The zero-order valence-electron chi connectivity index (χ0n) is 27.3. The fourth-order valence-electron chi connectivity index (χ4n) is 7.60. The highest BCUT2D eigenvalue weighted by Gasteiger charge is 2.36. The zero-order chi connectivity index (χ0) is 31.6. The molecule has 0 heterocycles. The van der Waals surface area contributed by atoms with Gasteiger partial charge >= 0.3 is 0 Å². The summed E-state index contributed by atoms with van der Waals surface area (Å²) in [6.45, 7) is 11.7. The molecule has 0 radical (unpaired) electrons. The van der Waals surface area contributed by atoms with E-state index in [2.05, 4.69) is 185 Å². The predicted molar refractivity (Wildman–Crippen MR) is 198 cm³/mol. The van der Waals surface area contributed by atoms with Crippen molar-refractivity contribution < 1.29 is 0 Å². The molecule has 224 valence electrons. The number of fused-ring (bicyclic) bond motifs is 6. The number of benzene rings is 7. The lowest BCUT2D eigenvalue weighted by Crippen LogP contribution is -2.20. The van der Waals surface area contributed by atoms with Crippen LogP contribution in [0.5, 0.6) is 0 Å². The van der Waals surface area contributed by atoms with E-state index in [-0.39, 0.29) is 10.8 Å². The van der Waals surface area contributed by atoms with E-state index < -0.39 is 0 Å². The third-order valence-corrected chi connectivity index (χ3v) is 9.96. The molecule has 0 saturated carbocycles. The van der Waals surface area contributed by atoms with Crippen molar-refractivity contribution >= 4 is 38.6 Å². The number of hydrogen-bond donors (Lipinski definition) is 0. The van der Waals surface area contributed by atoms with Gasteiger partial charge in [-0.25, -0.2) is 0 Å². The summed E-state index contributed by atoms with van der Waals surface area (Å²) in [5.41, 5.74) is 12.6. The summed E-state index contributed by atoms with van der Waals surface area (Å²) in [6.07, 6.45) is 0. The molecular weight excluding hydrogens is 555 g/mol. The van der Waals surface area contributed by atoms with Gasteiger partial charge < -0.3 is 4.90 Å². The van der Waals surface area contributed by atoms with Crippen molar-refractivity contribution in [2.45, 2.75) is 45.4 Å². The van der Waals surface area contributed by atoms with Crippen molar-refractivity contribution in [2.24, 2.45) is 0 Å². The molecule has 7 aromatic carbocycles. The summed E-state index contributed by atoms with van der Waals surface area (Å²) in [5.74, 6) is 0. The molecule has 8 rings (SSSR count). The topological polar surface area (TPSA) is 3.24 Å². The SMILES string of the molecule is CC(C)(C)c1cc(-c2ccccc2)ccc1N(c1ccc2c(c1)C(C)(C)c1ccccc1-2)c1cc2ccccc2c2ccccc12. The van der Waals surface area contributed by atoms with E-state index in [0.29, 0.717) is 0 Å². The Morgan fingerprint density at radius 3 is 1.91 bits per heavy atom. The molecule has 0 atom stereocenters. The van der Waals surface area contributed by atoms with E-state index in [4.69, 9.17) is 0 Å². The summed E-state index contributed by atoms with van der Waals surface area (Å²) in [5, 5.41) is 5.04. The molecule has 0 fully saturated rings. The minimum absolute atomic E-state index is 0.0942. The van der Waals surface area contributed by atoms with Gasteiger partial charge in [-0.3, -0.25) is 0 Å². The lowest BCUT2D eigenvalue weighted by Gasteiger charge is -2.34. The van der Waals surface area contributed by atoms with Gasteiger partial charge in [0.1, 0.15) is 0 Å². The van der Waals surface area contributed by atoms with Crippen LogP contribution >= 0.6 is 0 Å². The number of hydrogen-bond acceptors (Lipinski definition) is 1. The first-order valence-corrected chi connectivity index (χ1v) is 16.4. The summed E-state index contributed by atoms with van der Waals surface area (Å²) < 4.78 is 0. The molecule has 0 amide bonds. The highest BCUT2D eigenvalue weighted by Crippen LogP contribution is 2.52. The Bertz CT molecular complexity index is 2270. The smallest absolute Gasteiger partial charge is 0.0546 e. The Labute approximate surface area is 272 Å². The molecule has 1 aliphatic rings. The largest absolute Gasteiger partial charge is 0.310 e. The van der Waals surface area contributed by atoms with Crippen LogP contribution < -0.4 is 4.90 Å². The Hall–Kier alpha value is -5.14. The maximum absolute atomic E-state index is 2.53. The van der Waals surface area contributed by atoms with Gasteiger partial charge in [0, 0.05) is 22.2 Å². The Balaban J connectivity index is 1.44. The minimum atomic E-state index is -0.0999. The fourth-order valence-corrected chi connectivity index (χ4v) is 7.60. The number of nitrogens with zero attached hydrogens (tertiary/aromatic N) is 1. The van der Waals surface area contributed by atoms with Crippen molar-refractivity contribution in [2.75, 3.05) is 4.90 Å². The van der Waals surface area contributed by atoms with Crippen molar-refractivity contribution in [1.29, 1.82) is 0 Å². The molecule has 0 unspecified atom stereocenters. The molecule has 1 heteroatoms. The van der Waals surface area contributed by atoms with Crippen molar-refractivity contribution in [1.82, 2.24) is 0 Å². The van der Waals surface area contributed by atoms with Gasteiger partial charge in [0.25, 0.3) is 0 Å². The molecule has 0 N–H and O–H groups in total. The number of rotatable bonds is 4. The van der Waals surface area contributed by atoms with E-state index >= 15 is 0 Å². The van der Waals surface area contributed by atoms with Gasteiger partial charge in [0.15, 0.2) is 0 Å². The van der Waals surface area contributed by atoms with Crippen molar-refractivity contribution in [3.63, 3.8) is 0 Å².